The van der Waals surface area contributed by atoms with E-state index in [1.165, 1.54) is 6.07 Å². The third kappa shape index (κ3) is 4.81. The Morgan fingerprint density at radius 2 is 2.22 bits per heavy atom. The summed E-state index contributed by atoms with van der Waals surface area (Å²) >= 11 is 0. The summed E-state index contributed by atoms with van der Waals surface area (Å²) in [5.41, 5.74) is 1.32. The minimum Gasteiger partial charge on any atom is -0.395 e. The number of amides is 1. The molecular formula is C13H19FN2O2. The van der Waals surface area contributed by atoms with Crippen LogP contribution in [0.1, 0.15) is 11.1 Å². The molecule has 0 atom stereocenters. The van der Waals surface area contributed by atoms with Crippen molar-refractivity contribution in [3.05, 3.63) is 35.1 Å². The quantitative estimate of drug-likeness (QED) is 0.784. The first-order valence-electron chi connectivity index (χ1n) is 5.84. The van der Waals surface area contributed by atoms with Gasteiger partial charge >= 0.3 is 0 Å². The average molecular weight is 254 g/mol. The number of nitrogens with zero attached hydrogens (tertiary/aromatic N) is 1. The number of aliphatic hydroxyl groups is 1. The van der Waals surface area contributed by atoms with Crippen molar-refractivity contribution in [3.63, 3.8) is 0 Å². The second-order valence-corrected chi connectivity index (χ2v) is 4.32. The van der Waals surface area contributed by atoms with Crippen LogP contribution < -0.4 is 5.32 Å². The van der Waals surface area contributed by atoms with E-state index in [1.807, 2.05) is 0 Å². The first-order chi connectivity index (χ1) is 8.52. The predicted molar refractivity (Wildman–Crippen MR) is 67.6 cm³/mol. The van der Waals surface area contributed by atoms with Crippen LogP contribution in [0.15, 0.2) is 18.2 Å². The lowest BCUT2D eigenvalue weighted by Gasteiger charge is -2.14. The van der Waals surface area contributed by atoms with Gasteiger partial charge in [-0.3, -0.25) is 9.69 Å². The van der Waals surface area contributed by atoms with Crippen molar-refractivity contribution in [2.45, 2.75) is 13.5 Å². The molecule has 1 aromatic carbocycles. The molecule has 0 saturated heterocycles. The zero-order chi connectivity index (χ0) is 13.5. The molecule has 2 N–H and O–H groups in total. The zero-order valence-electron chi connectivity index (χ0n) is 10.7. The zero-order valence-corrected chi connectivity index (χ0v) is 10.7. The smallest absolute Gasteiger partial charge is 0.234 e. The van der Waals surface area contributed by atoms with E-state index in [0.29, 0.717) is 18.7 Å². The number of benzene rings is 1. The molecule has 1 amide bonds. The largest absolute Gasteiger partial charge is 0.395 e. The summed E-state index contributed by atoms with van der Waals surface area (Å²) < 4.78 is 13.3. The average Bonchev–Trinajstić information content (AvgIpc) is 2.31. The maximum Gasteiger partial charge on any atom is 0.234 e. The van der Waals surface area contributed by atoms with Crippen molar-refractivity contribution in [1.82, 2.24) is 10.2 Å². The predicted octanol–water partition coefficient (Wildman–Crippen LogP) is 0.674. The summed E-state index contributed by atoms with van der Waals surface area (Å²) in [4.78, 5) is 13.2. The molecule has 0 aromatic heterocycles. The molecule has 0 fully saturated rings. The van der Waals surface area contributed by atoms with E-state index in [9.17, 15) is 9.18 Å². The number of aryl methyl sites for hydroxylation is 1. The van der Waals surface area contributed by atoms with Gasteiger partial charge in [-0.25, -0.2) is 4.39 Å². The summed E-state index contributed by atoms with van der Waals surface area (Å²) in [6.45, 7) is 2.69. The van der Waals surface area contributed by atoms with Crippen LogP contribution in [0.4, 0.5) is 4.39 Å². The van der Waals surface area contributed by atoms with Gasteiger partial charge in [-0.15, -0.1) is 0 Å². The summed E-state index contributed by atoms with van der Waals surface area (Å²) in [5, 5.41) is 11.4. The van der Waals surface area contributed by atoms with E-state index < -0.39 is 0 Å². The Morgan fingerprint density at radius 1 is 1.50 bits per heavy atom. The van der Waals surface area contributed by atoms with Crippen LogP contribution in [0.2, 0.25) is 0 Å². The van der Waals surface area contributed by atoms with Gasteiger partial charge in [0.05, 0.1) is 13.2 Å². The highest BCUT2D eigenvalue weighted by molar-refractivity contribution is 5.77. The van der Waals surface area contributed by atoms with E-state index >= 15 is 0 Å². The molecule has 0 bridgehead atoms. The Labute approximate surface area is 106 Å². The lowest BCUT2D eigenvalue weighted by Crippen LogP contribution is -2.36. The van der Waals surface area contributed by atoms with Crippen LogP contribution in [0.3, 0.4) is 0 Å². The van der Waals surface area contributed by atoms with Gasteiger partial charge in [0.2, 0.25) is 5.91 Å². The minimum atomic E-state index is -0.265. The van der Waals surface area contributed by atoms with Gasteiger partial charge in [0.15, 0.2) is 0 Å². The van der Waals surface area contributed by atoms with Gasteiger partial charge in [-0.1, -0.05) is 12.1 Å². The molecule has 0 aliphatic carbocycles. The molecule has 0 aliphatic rings. The van der Waals surface area contributed by atoms with Gasteiger partial charge in [0, 0.05) is 13.1 Å². The monoisotopic (exact) mass is 254 g/mol. The highest BCUT2D eigenvalue weighted by Gasteiger charge is 2.06. The second-order valence-electron chi connectivity index (χ2n) is 4.32. The molecule has 0 saturated carbocycles. The van der Waals surface area contributed by atoms with Crippen molar-refractivity contribution in [1.29, 1.82) is 0 Å². The van der Waals surface area contributed by atoms with Gasteiger partial charge < -0.3 is 10.4 Å². The van der Waals surface area contributed by atoms with Gasteiger partial charge in [0.1, 0.15) is 5.82 Å². The van der Waals surface area contributed by atoms with Crippen LogP contribution in [0.25, 0.3) is 0 Å². The number of rotatable bonds is 6. The van der Waals surface area contributed by atoms with Gasteiger partial charge in [0.25, 0.3) is 0 Å². The minimum absolute atomic E-state index is 0.0208. The second kappa shape index (κ2) is 7.08. The molecular weight excluding hydrogens is 235 g/mol. The van der Waals surface area contributed by atoms with Crippen LogP contribution >= 0.6 is 0 Å². The summed E-state index contributed by atoms with van der Waals surface area (Å²) in [7, 11) is 1.75. The van der Waals surface area contributed by atoms with Crippen LogP contribution in [0.5, 0.6) is 0 Å². The van der Waals surface area contributed by atoms with Crippen molar-refractivity contribution < 1.29 is 14.3 Å². The first kappa shape index (κ1) is 14.6. The highest BCUT2D eigenvalue weighted by Crippen LogP contribution is 2.08. The fourth-order valence-electron chi connectivity index (χ4n) is 1.50. The molecule has 0 unspecified atom stereocenters. The number of hydrogen-bond donors (Lipinski definition) is 2. The Bertz CT molecular complexity index is 410. The van der Waals surface area contributed by atoms with Crippen molar-refractivity contribution in [2.24, 2.45) is 0 Å². The molecule has 5 heteroatoms. The van der Waals surface area contributed by atoms with Crippen molar-refractivity contribution >= 4 is 5.91 Å². The number of nitrogens with one attached hydrogen (secondary N) is 1. The van der Waals surface area contributed by atoms with Crippen LogP contribution in [0, 0.1) is 12.7 Å². The summed E-state index contributed by atoms with van der Waals surface area (Å²) in [6.07, 6.45) is 0. The van der Waals surface area contributed by atoms with Gasteiger partial charge in [-0.2, -0.15) is 0 Å². The number of halogens is 1. The molecule has 0 spiro atoms. The maximum absolute atomic E-state index is 13.3. The lowest BCUT2D eigenvalue weighted by atomic mass is 10.1. The number of aliphatic hydroxyl groups excluding tert-OH is 1. The molecule has 0 heterocycles. The molecule has 18 heavy (non-hydrogen) atoms. The van der Waals surface area contributed by atoms with Crippen molar-refractivity contribution in [3.8, 4) is 0 Å². The van der Waals surface area contributed by atoms with Gasteiger partial charge in [-0.05, 0) is 31.2 Å². The normalized spacial score (nSPS) is 10.7. The Morgan fingerprint density at radius 3 is 2.83 bits per heavy atom. The third-order valence-corrected chi connectivity index (χ3v) is 2.62. The van der Waals surface area contributed by atoms with E-state index in [1.54, 1.807) is 31.0 Å². The fraction of sp³-hybridized carbons (Fsp3) is 0.462. The Balaban J connectivity index is 2.40. The van der Waals surface area contributed by atoms with E-state index in [0.717, 1.165) is 5.56 Å². The maximum atomic E-state index is 13.3. The molecule has 0 aliphatic heterocycles. The van der Waals surface area contributed by atoms with Crippen LogP contribution in [-0.4, -0.2) is 42.7 Å². The number of likely N-dealkylation sites (N-methyl/N-ethyl adjacent to an activating group) is 1. The van der Waals surface area contributed by atoms with Crippen molar-refractivity contribution in [2.75, 3.05) is 26.7 Å². The number of hydrogen-bond acceptors (Lipinski definition) is 3. The third-order valence-electron chi connectivity index (χ3n) is 2.62. The molecule has 1 rings (SSSR count). The summed E-state index contributed by atoms with van der Waals surface area (Å²) in [6, 6.07) is 4.90. The molecule has 100 valence electrons. The molecule has 1 aromatic rings. The fourth-order valence-corrected chi connectivity index (χ4v) is 1.50. The first-order valence-corrected chi connectivity index (χ1v) is 5.84. The van der Waals surface area contributed by atoms with E-state index in [4.69, 9.17) is 5.11 Å². The SMILES string of the molecule is Cc1ccc(CNC(=O)CN(C)CCO)cc1F. The standard InChI is InChI=1S/C13H19FN2O2/c1-10-3-4-11(7-12(10)14)8-15-13(18)9-16(2)5-6-17/h3-4,7,17H,5-6,8-9H2,1-2H3,(H,15,18). The molecule has 0 radical (unpaired) electrons. The molecule has 4 nitrogen and oxygen atoms in total. The number of carbonyl (C=O) groups is 1. The summed E-state index contributed by atoms with van der Waals surface area (Å²) in [5.74, 6) is -0.411. The Hall–Kier alpha value is -1.46. The Kier molecular flexibility index (Phi) is 5.74. The van der Waals surface area contributed by atoms with E-state index in [2.05, 4.69) is 5.32 Å². The number of carbonyl (C=O) groups excluding carboxylic acids is 1. The topological polar surface area (TPSA) is 52.6 Å². The van der Waals surface area contributed by atoms with Crippen LogP contribution in [-0.2, 0) is 11.3 Å². The van der Waals surface area contributed by atoms with E-state index in [-0.39, 0.29) is 24.9 Å². The lowest BCUT2D eigenvalue weighted by molar-refractivity contribution is -0.122. The highest BCUT2D eigenvalue weighted by atomic mass is 19.1.